The molecule has 0 amide bonds. The van der Waals surface area contributed by atoms with Crippen molar-refractivity contribution in [3.63, 3.8) is 0 Å². The summed E-state index contributed by atoms with van der Waals surface area (Å²) < 4.78 is 18.9. The molecule has 0 N–H and O–H groups in total. The Bertz CT molecular complexity index is 1170. The molecule has 0 atom stereocenters. The van der Waals surface area contributed by atoms with Crippen LogP contribution < -0.4 is 9.47 Å². The van der Waals surface area contributed by atoms with Crippen molar-refractivity contribution in [3.05, 3.63) is 103 Å². The van der Waals surface area contributed by atoms with Crippen LogP contribution in [0.2, 0.25) is 0 Å². The molecule has 1 aliphatic rings. The fourth-order valence-corrected chi connectivity index (χ4v) is 4.16. The van der Waals surface area contributed by atoms with Gasteiger partial charge in [-0.3, -0.25) is 0 Å². The van der Waals surface area contributed by atoms with Gasteiger partial charge < -0.3 is 14.2 Å². The number of carbonyl (C=O) groups is 1. The summed E-state index contributed by atoms with van der Waals surface area (Å²) in [6.07, 6.45) is 3.55. The van der Waals surface area contributed by atoms with Gasteiger partial charge in [-0.05, 0) is 70.1 Å². The molecule has 4 nitrogen and oxygen atoms in total. The fourth-order valence-electron chi connectivity index (χ4n) is 3.12. The first-order chi connectivity index (χ1) is 15.0. The van der Waals surface area contributed by atoms with Gasteiger partial charge in [0.2, 0.25) is 0 Å². The number of hydrogen-bond acceptors (Lipinski definition) is 4. The number of halogens is 2. The molecule has 0 radical (unpaired) electrons. The molecule has 0 aromatic heterocycles. The molecule has 3 aromatic carbocycles. The molecule has 0 fully saturated rings. The van der Waals surface area contributed by atoms with Crippen LogP contribution in [-0.4, -0.2) is 13.1 Å². The van der Waals surface area contributed by atoms with Crippen LogP contribution in [0.25, 0.3) is 11.8 Å². The second kappa shape index (κ2) is 9.70. The summed E-state index contributed by atoms with van der Waals surface area (Å²) in [7, 11) is 1.60. The Morgan fingerprint density at radius 1 is 1.06 bits per heavy atom. The molecule has 0 bridgehead atoms. The highest BCUT2D eigenvalue weighted by atomic mass is 127. The van der Waals surface area contributed by atoms with Crippen LogP contribution in [0.3, 0.4) is 0 Å². The molecule has 0 saturated heterocycles. The van der Waals surface area contributed by atoms with Crippen LogP contribution in [0.15, 0.2) is 82.9 Å². The van der Waals surface area contributed by atoms with Gasteiger partial charge in [0.15, 0.2) is 11.5 Å². The summed E-state index contributed by atoms with van der Waals surface area (Å²) in [6.45, 7) is 0.444. The molecule has 1 heterocycles. The van der Waals surface area contributed by atoms with Gasteiger partial charge >= 0.3 is 5.97 Å². The summed E-state index contributed by atoms with van der Waals surface area (Å²) in [5.41, 5.74) is 3.23. The van der Waals surface area contributed by atoms with Crippen LogP contribution in [0.1, 0.15) is 16.7 Å². The maximum atomic E-state index is 12.4. The zero-order valence-electron chi connectivity index (χ0n) is 16.6. The van der Waals surface area contributed by atoms with Crippen LogP contribution in [-0.2, 0) is 16.1 Å². The fraction of sp³-hybridized carbons (Fsp3) is 0.0800. The number of rotatable bonds is 6. The van der Waals surface area contributed by atoms with Gasteiger partial charge in [0.25, 0.3) is 0 Å². The quantitative estimate of drug-likeness (QED) is 0.184. The van der Waals surface area contributed by atoms with E-state index in [1.54, 1.807) is 19.3 Å². The summed E-state index contributed by atoms with van der Waals surface area (Å²) in [4.78, 5) is 12.4. The molecule has 1 aliphatic heterocycles. The lowest BCUT2D eigenvalue weighted by Gasteiger charge is -2.14. The van der Waals surface area contributed by atoms with E-state index in [9.17, 15) is 4.79 Å². The zero-order chi connectivity index (χ0) is 21.8. The molecule has 0 aliphatic carbocycles. The molecule has 3 aromatic rings. The number of hydrogen-bond donors (Lipinski definition) is 0. The number of ether oxygens (including phenoxy) is 3. The van der Waals surface area contributed by atoms with Gasteiger partial charge in [-0.25, -0.2) is 4.79 Å². The van der Waals surface area contributed by atoms with Crippen molar-refractivity contribution in [2.75, 3.05) is 7.11 Å². The molecular formula is C25H18BrIO4. The molecule has 4 rings (SSSR count). The first-order valence-electron chi connectivity index (χ1n) is 9.49. The van der Waals surface area contributed by atoms with Crippen LogP contribution in [0.4, 0.5) is 0 Å². The van der Waals surface area contributed by atoms with E-state index < -0.39 is 0 Å². The largest absolute Gasteiger partial charge is 0.493 e. The van der Waals surface area contributed by atoms with E-state index in [0.717, 1.165) is 24.7 Å². The Morgan fingerprint density at radius 2 is 1.81 bits per heavy atom. The van der Waals surface area contributed by atoms with Crippen molar-refractivity contribution in [2.45, 2.75) is 6.61 Å². The summed E-state index contributed by atoms with van der Waals surface area (Å²) in [5.74, 6) is 1.44. The molecule has 0 saturated carbocycles. The van der Waals surface area contributed by atoms with E-state index in [-0.39, 0.29) is 5.97 Å². The first kappa shape index (κ1) is 21.6. The normalized spacial score (nSPS) is 14.4. The highest BCUT2D eigenvalue weighted by Gasteiger charge is 2.22. The predicted molar refractivity (Wildman–Crippen MR) is 133 cm³/mol. The molecule has 156 valence electrons. The third-order valence-corrected chi connectivity index (χ3v) is 5.98. The Kier molecular flexibility index (Phi) is 6.77. The number of esters is 1. The van der Waals surface area contributed by atoms with E-state index >= 15 is 0 Å². The number of benzene rings is 3. The second-order valence-electron chi connectivity index (χ2n) is 6.81. The molecule has 31 heavy (non-hydrogen) atoms. The third kappa shape index (κ3) is 5.19. The Morgan fingerprint density at radius 3 is 2.52 bits per heavy atom. The monoisotopic (exact) mass is 588 g/mol. The standard InChI is InChI=1S/C25H18BrIO4/c1-29-23-13-17(12-21(27)24(23)30-15-16-5-3-2-4-6-16)11-19-14-22(31-25(19)28)18-7-9-20(26)10-8-18/h2-14H,15H2,1H3/b19-11+. The SMILES string of the molecule is COc1cc(/C=C2\C=C(c3ccc(Br)cc3)OC2=O)cc(I)c1OCc1ccccc1. The lowest BCUT2D eigenvalue weighted by molar-refractivity contribution is -0.130. The van der Waals surface area contributed by atoms with Crippen LogP contribution >= 0.6 is 38.5 Å². The van der Waals surface area contributed by atoms with Gasteiger partial charge in [-0.15, -0.1) is 0 Å². The van der Waals surface area contributed by atoms with Gasteiger partial charge in [0.1, 0.15) is 12.4 Å². The minimum Gasteiger partial charge on any atom is -0.493 e. The number of cyclic esters (lactones) is 1. The van der Waals surface area contributed by atoms with Gasteiger partial charge in [0, 0.05) is 10.0 Å². The van der Waals surface area contributed by atoms with Crippen LogP contribution in [0.5, 0.6) is 11.5 Å². The highest BCUT2D eigenvalue weighted by molar-refractivity contribution is 14.1. The number of carbonyl (C=O) groups excluding carboxylic acids is 1. The Balaban J connectivity index is 1.59. The van der Waals surface area contributed by atoms with E-state index in [2.05, 4.69) is 38.5 Å². The second-order valence-corrected chi connectivity index (χ2v) is 8.89. The Labute approximate surface area is 202 Å². The summed E-state index contributed by atoms with van der Waals surface area (Å²) >= 11 is 5.63. The van der Waals surface area contributed by atoms with Crippen molar-refractivity contribution >= 4 is 56.3 Å². The van der Waals surface area contributed by atoms with Gasteiger partial charge in [-0.1, -0.05) is 58.4 Å². The zero-order valence-corrected chi connectivity index (χ0v) is 20.3. The van der Waals surface area contributed by atoms with Gasteiger partial charge in [0.05, 0.1) is 16.3 Å². The van der Waals surface area contributed by atoms with Crippen molar-refractivity contribution in [1.82, 2.24) is 0 Å². The van der Waals surface area contributed by atoms with Crippen molar-refractivity contribution < 1.29 is 19.0 Å². The van der Waals surface area contributed by atoms with E-state index in [1.165, 1.54) is 0 Å². The molecule has 6 heteroatoms. The number of methoxy groups -OCH3 is 1. The third-order valence-electron chi connectivity index (χ3n) is 4.65. The van der Waals surface area contributed by atoms with E-state index in [0.29, 0.717) is 29.4 Å². The highest BCUT2D eigenvalue weighted by Crippen LogP contribution is 2.36. The van der Waals surface area contributed by atoms with E-state index in [1.807, 2.05) is 66.7 Å². The van der Waals surface area contributed by atoms with Crippen molar-refractivity contribution in [1.29, 1.82) is 0 Å². The van der Waals surface area contributed by atoms with Gasteiger partial charge in [-0.2, -0.15) is 0 Å². The first-order valence-corrected chi connectivity index (χ1v) is 11.4. The van der Waals surface area contributed by atoms with Crippen LogP contribution in [0, 0.1) is 3.57 Å². The average molecular weight is 589 g/mol. The summed E-state index contributed by atoms with van der Waals surface area (Å²) in [6, 6.07) is 21.4. The smallest absolute Gasteiger partial charge is 0.343 e. The topological polar surface area (TPSA) is 44.8 Å². The van der Waals surface area contributed by atoms with E-state index in [4.69, 9.17) is 14.2 Å². The minimum atomic E-state index is -0.378. The lowest BCUT2D eigenvalue weighted by atomic mass is 10.1. The maximum Gasteiger partial charge on any atom is 0.343 e. The minimum absolute atomic E-state index is 0.378. The maximum absolute atomic E-state index is 12.4. The Hall–Kier alpha value is -2.58. The molecule has 0 unspecified atom stereocenters. The van der Waals surface area contributed by atoms with Crippen molar-refractivity contribution in [2.24, 2.45) is 0 Å². The average Bonchev–Trinajstić information content (AvgIpc) is 3.14. The lowest BCUT2D eigenvalue weighted by Crippen LogP contribution is -2.00. The molecule has 0 spiro atoms. The predicted octanol–water partition coefficient (Wildman–Crippen LogP) is 6.62. The van der Waals surface area contributed by atoms with Crippen molar-refractivity contribution in [3.8, 4) is 11.5 Å². The summed E-state index contributed by atoms with van der Waals surface area (Å²) in [5, 5.41) is 0. The molecular weight excluding hydrogens is 571 g/mol.